The Labute approximate surface area is 172 Å². The van der Waals surface area contributed by atoms with Gasteiger partial charge in [0, 0.05) is 22.6 Å². The predicted molar refractivity (Wildman–Crippen MR) is 133 cm³/mol. The van der Waals surface area contributed by atoms with Crippen LogP contribution in [0.25, 0.3) is 0 Å². The Hall–Kier alpha value is -0.125. The molecule has 1 aromatic carbocycles. The van der Waals surface area contributed by atoms with Crippen LogP contribution in [0, 0.1) is 0 Å². The maximum absolute atomic E-state index is 7.00. The highest BCUT2D eigenvalue weighted by molar-refractivity contribution is 7.99. The number of fused-ring (bicyclic) bond motifs is 1. The molecule has 0 amide bonds. The largest absolute Gasteiger partial charge is 0.397 e. The van der Waals surface area contributed by atoms with Gasteiger partial charge in [-0.3, -0.25) is 0 Å². The summed E-state index contributed by atoms with van der Waals surface area (Å²) >= 11 is 0. The molecule has 2 nitrogen and oxygen atoms in total. The van der Waals surface area contributed by atoms with Crippen LogP contribution in [0.1, 0.15) is 55.4 Å². The van der Waals surface area contributed by atoms with Gasteiger partial charge in [-0.15, -0.1) is 0 Å². The fourth-order valence-corrected chi connectivity index (χ4v) is 9.04. The first-order valence-corrected chi connectivity index (χ1v) is 14.6. The van der Waals surface area contributed by atoms with E-state index in [0.29, 0.717) is 22.6 Å². The Bertz CT molecular complexity index is 568. The molecule has 0 fully saturated rings. The number of hydrogen-bond donors (Lipinski definition) is 0. The Morgan fingerprint density at radius 3 is 1.26 bits per heavy atom. The summed E-state index contributed by atoms with van der Waals surface area (Å²) in [5.74, 6) is 0. The van der Waals surface area contributed by atoms with E-state index in [9.17, 15) is 0 Å². The molecule has 0 unspecified atom stereocenters. The molecule has 1 heterocycles. The highest BCUT2D eigenvalue weighted by Crippen LogP contribution is 2.65. The van der Waals surface area contributed by atoms with E-state index >= 15 is 0 Å². The second-order valence-corrected chi connectivity index (χ2v) is 17.9. The van der Waals surface area contributed by atoms with Crippen LogP contribution < -0.4 is 9.62 Å². The first-order chi connectivity index (χ1) is 12.4. The van der Waals surface area contributed by atoms with Crippen LogP contribution in [0.5, 0.6) is 0 Å². The van der Waals surface area contributed by atoms with Crippen molar-refractivity contribution >= 4 is 48.3 Å². The molecule has 0 saturated heterocycles. The SMILES string of the molecule is [B-][P+](CN1[B]N(C[P+]([B-])(C(C)C)C(C)C)c2ccccc21)(C(C)C)C(C)C. The lowest BCUT2D eigenvalue weighted by atomic mass is 10.1. The summed E-state index contributed by atoms with van der Waals surface area (Å²) < 4.78 is 0. The van der Waals surface area contributed by atoms with E-state index in [1.165, 1.54) is 11.4 Å². The summed E-state index contributed by atoms with van der Waals surface area (Å²) in [6.07, 6.45) is 1.85. The quantitative estimate of drug-likeness (QED) is 0.415. The molecule has 2 rings (SSSR count). The third kappa shape index (κ3) is 4.56. The van der Waals surface area contributed by atoms with Gasteiger partial charge in [0.15, 0.2) is 0 Å². The first-order valence-electron chi connectivity index (χ1n) is 10.2. The topological polar surface area (TPSA) is 6.48 Å². The number of anilines is 2. The van der Waals surface area contributed by atoms with Gasteiger partial charge in [-0.1, -0.05) is 12.1 Å². The maximum atomic E-state index is 7.00. The summed E-state index contributed by atoms with van der Waals surface area (Å²) in [6, 6.07) is 8.69. The fourth-order valence-electron chi connectivity index (χ4n) is 3.84. The van der Waals surface area contributed by atoms with Crippen LogP contribution in [-0.2, 0) is 0 Å². The van der Waals surface area contributed by atoms with Crippen LogP contribution in [0.4, 0.5) is 11.4 Å². The van der Waals surface area contributed by atoms with Gasteiger partial charge < -0.3 is 24.8 Å². The molecule has 1 aliphatic rings. The molecule has 27 heavy (non-hydrogen) atoms. The van der Waals surface area contributed by atoms with E-state index in [4.69, 9.17) is 15.1 Å². The molecule has 0 atom stereocenters. The minimum Gasteiger partial charge on any atom is -0.369 e. The molecule has 7 heteroatoms. The van der Waals surface area contributed by atoms with Crippen LogP contribution in [-0.4, -0.2) is 57.9 Å². The molecule has 145 valence electrons. The van der Waals surface area contributed by atoms with Crippen molar-refractivity contribution in [3.8, 4) is 0 Å². The van der Waals surface area contributed by atoms with Gasteiger partial charge in [-0.2, -0.15) is 0 Å². The van der Waals surface area contributed by atoms with Gasteiger partial charge in [-0.25, -0.2) is 14.3 Å². The number of benzene rings is 1. The van der Waals surface area contributed by atoms with Crippen LogP contribution in [0.2, 0.25) is 0 Å². The van der Waals surface area contributed by atoms with Crippen molar-refractivity contribution in [2.45, 2.75) is 78.0 Å². The Balaban J connectivity index is 2.33. The summed E-state index contributed by atoms with van der Waals surface area (Å²) in [7, 11) is 13.1. The zero-order valence-corrected chi connectivity index (χ0v) is 20.3. The van der Waals surface area contributed by atoms with E-state index in [1.54, 1.807) is 0 Å². The lowest BCUT2D eigenvalue weighted by molar-refractivity contribution is 0.983. The van der Waals surface area contributed by atoms with Crippen molar-refractivity contribution in [3.05, 3.63) is 24.3 Å². The maximum Gasteiger partial charge on any atom is 0.397 e. The van der Waals surface area contributed by atoms with Gasteiger partial charge in [-0.05, 0) is 67.5 Å². The van der Waals surface area contributed by atoms with E-state index < -0.39 is 14.3 Å². The third-order valence-corrected chi connectivity index (χ3v) is 15.7. The van der Waals surface area contributed by atoms with Gasteiger partial charge in [0.1, 0.15) is 0 Å². The van der Waals surface area contributed by atoms with Crippen LogP contribution in [0.15, 0.2) is 24.3 Å². The second kappa shape index (κ2) is 8.71. The average Bonchev–Trinajstić information content (AvgIpc) is 2.91. The van der Waals surface area contributed by atoms with Crippen molar-refractivity contribution in [3.63, 3.8) is 0 Å². The summed E-state index contributed by atoms with van der Waals surface area (Å²) in [5.41, 5.74) is 4.60. The minimum absolute atomic E-state index is 0.513. The molecule has 7 radical (unpaired) electrons. The van der Waals surface area contributed by atoms with Gasteiger partial charge in [0.2, 0.25) is 0 Å². The van der Waals surface area contributed by atoms with Gasteiger partial charge in [0.05, 0.1) is 23.9 Å². The van der Waals surface area contributed by atoms with Gasteiger partial charge in [0.25, 0.3) is 0 Å². The molecule has 0 aromatic heterocycles. The molecule has 0 aliphatic carbocycles. The van der Waals surface area contributed by atoms with Crippen molar-refractivity contribution in [1.82, 2.24) is 0 Å². The van der Waals surface area contributed by atoms with Crippen molar-refractivity contribution < 1.29 is 0 Å². The highest BCUT2D eigenvalue weighted by atomic mass is 31.2. The Morgan fingerprint density at radius 1 is 0.704 bits per heavy atom. The normalized spacial score (nSPS) is 15.3. The second-order valence-electron chi connectivity index (χ2n) is 9.19. The molecule has 0 saturated carbocycles. The predicted octanol–water partition coefficient (Wildman–Crippen LogP) is 5.60. The molecular weight excluding hydrogens is 363 g/mol. The average molecular weight is 399 g/mol. The lowest BCUT2D eigenvalue weighted by Gasteiger charge is -2.48. The standard InChI is InChI=1S/C20H36B3N2P2/c1-15(2)26(21,16(3)4)13-24-19-11-9-10-12-20(19)25(23-24)14-27(22,17(5)6)18(7)8/h9-12,15-18H,13-14H2,1-8H3. The highest BCUT2D eigenvalue weighted by Gasteiger charge is 2.38. The Kier molecular flexibility index (Phi) is 7.47. The third-order valence-electron chi connectivity index (χ3n) is 6.42. The first kappa shape index (κ1) is 23.2. The zero-order chi connectivity index (χ0) is 20.6. The minimum atomic E-state index is -1.59. The number of rotatable bonds is 8. The van der Waals surface area contributed by atoms with Crippen LogP contribution in [0.3, 0.4) is 0 Å². The van der Waals surface area contributed by atoms with E-state index in [0.717, 1.165) is 12.6 Å². The number of nitrogens with zero attached hydrogens (tertiary/aromatic N) is 2. The van der Waals surface area contributed by atoms with Gasteiger partial charge >= 0.3 is 7.55 Å². The van der Waals surface area contributed by atoms with E-state index in [2.05, 4.69) is 96.8 Å². The van der Waals surface area contributed by atoms with Crippen molar-refractivity contribution in [2.75, 3.05) is 22.2 Å². The zero-order valence-electron chi connectivity index (χ0n) is 18.6. The Morgan fingerprint density at radius 2 is 1.00 bits per heavy atom. The molecule has 0 bridgehead atoms. The van der Waals surface area contributed by atoms with E-state index in [1.807, 2.05) is 0 Å². The summed E-state index contributed by atoms with van der Waals surface area (Å²) in [4.78, 5) is 4.79. The molecular formula is C20H36B3N2P2. The molecule has 0 N–H and O–H groups in total. The molecule has 1 aromatic rings. The van der Waals surface area contributed by atoms with Crippen LogP contribution >= 0.6 is 14.3 Å². The summed E-state index contributed by atoms with van der Waals surface area (Å²) in [6.45, 7) is 18.2. The summed E-state index contributed by atoms with van der Waals surface area (Å²) in [5, 5.41) is 0. The number of para-hydroxylation sites is 2. The number of hydrogen-bond acceptors (Lipinski definition) is 2. The van der Waals surface area contributed by atoms with E-state index in [-0.39, 0.29) is 0 Å². The molecule has 0 spiro atoms. The lowest BCUT2D eigenvalue weighted by Crippen LogP contribution is -2.41. The van der Waals surface area contributed by atoms with Crippen molar-refractivity contribution in [1.29, 1.82) is 0 Å². The van der Waals surface area contributed by atoms with Crippen molar-refractivity contribution in [2.24, 2.45) is 0 Å². The molecule has 1 aliphatic heterocycles. The fraction of sp³-hybridized carbons (Fsp3) is 0.700. The monoisotopic (exact) mass is 399 g/mol. The smallest absolute Gasteiger partial charge is 0.369 e.